The number of ether oxygens (including phenoxy) is 1. The lowest BCUT2D eigenvalue weighted by atomic mass is 10.1. The van der Waals surface area contributed by atoms with Gasteiger partial charge in [-0.05, 0) is 45.9 Å². The van der Waals surface area contributed by atoms with Crippen molar-refractivity contribution in [3.8, 4) is 5.75 Å². The number of nitrogen functional groups attached to an aromatic ring is 1. The molecule has 1 aliphatic rings. The number of carbonyl (C=O) groups is 1. The van der Waals surface area contributed by atoms with Gasteiger partial charge in [-0.2, -0.15) is 14.4 Å². The van der Waals surface area contributed by atoms with Crippen LogP contribution in [-0.4, -0.2) is 39.1 Å². The van der Waals surface area contributed by atoms with E-state index in [1.807, 2.05) is 6.07 Å². The van der Waals surface area contributed by atoms with Gasteiger partial charge in [0, 0.05) is 29.5 Å². The Morgan fingerprint density at radius 3 is 3.04 bits per heavy atom. The molecule has 0 fully saturated rings. The van der Waals surface area contributed by atoms with E-state index in [2.05, 4.69) is 48.9 Å². The average Bonchev–Trinajstić information content (AvgIpc) is 3.20. The predicted octanol–water partition coefficient (Wildman–Crippen LogP) is 1.42. The summed E-state index contributed by atoms with van der Waals surface area (Å²) in [5.74, 6) is 1.55. The summed E-state index contributed by atoms with van der Waals surface area (Å²) in [6.45, 7) is 1.44. The second kappa shape index (κ2) is 7.25. The normalized spacial score (nSPS) is 12.8. The maximum Gasteiger partial charge on any atom is 0.312 e. The largest absolute Gasteiger partial charge is 0.493 e. The molecule has 3 N–H and O–H groups in total. The molecule has 3 aromatic rings. The molecule has 27 heavy (non-hydrogen) atoms. The predicted molar refractivity (Wildman–Crippen MR) is 105 cm³/mol. The number of carbonyl (C=O) groups excluding carboxylic acids is 1. The van der Waals surface area contributed by atoms with Crippen LogP contribution in [0.2, 0.25) is 0 Å². The first-order valence-corrected chi connectivity index (χ1v) is 9.44. The van der Waals surface area contributed by atoms with Crippen molar-refractivity contribution in [1.29, 1.82) is 0 Å². The molecule has 0 atom stereocenters. The highest BCUT2D eigenvalue weighted by Gasteiger charge is 2.20. The maximum atomic E-state index is 13.7. The molecule has 2 aromatic heterocycles. The third-order valence-electron chi connectivity index (χ3n) is 4.44. The number of nitrogens with one attached hydrogen (secondary N) is 1. The SMILES string of the molecule is Nc1nc(F)nc2c1nc(Cc1cc3c(cc1I)CCO3)n2CCNC=O. The van der Waals surface area contributed by atoms with Gasteiger partial charge in [-0.3, -0.25) is 4.79 Å². The maximum absolute atomic E-state index is 13.7. The third kappa shape index (κ3) is 3.40. The van der Waals surface area contributed by atoms with E-state index in [0.29, 0.717) is 49.5 Å². The topological polar surface area (TPSA) is 108 Å². The van der Waals surface area contributed by atoms with Crippen LogP contribution in [-0.2, 0) is 24.2 Å². The van der Waals surface area contributed by atoms with Crippen LogP contribution < -0.4 is 15.8 Å². The van der Waals surface area contributed by atoms with Gasteiger partial charge in [0.05, 0.1) is 6.61 Å². The summed E-state index contributed by atoms with van der Waals surface area (Å²) in [6.07, 6.45) is 1.11. The van der Waals surface area contributed by atoms with E-state index in [4.69, 9.17) is 10.5 Å². The van der Waals surface area contributed by atoms with Gasteiger partial charge >= 0.3 is 6.08 Å². The molecule has 3 heterocycles. The molecule has 8 nitrogen and oxygen atoms in total. The van der Waals surface area contributed by atoms with Gasteiger partial charge in [0.1, 0.15) is 11.6 Å². The molecule has 0 saturated carbocycles. The second-order valence-corrected chi connectivity index (χ2v) is 7.29. The smallest absolute Gasteiger partial charge is 0.312 e. The number of imidazole rings is 1. The van der Waals surface area contributed by atoms with Gasteiger partial charge < -0.3 is 20.4 Å². The molecule has 1 aliphatic heterocycles. The third-order valence-corrected chi connectivity index (χ3v) is 5.45. The van der Waals surface area contributed by atoms with Gasteiger partial charge in [-0.15, -0.1) is 0 Å². The summed E-state index contributed by atoms with van der Waals surface area (Å²) in [7, 11) is 0. The van der Waals surface area contributed by atoms with Gasteiger partial charge in [0.15, 0.2) is 17.0 Å². The standard InChI is InChI=1S/C17H16FIN6O2/c18-17-23-15(20)14-16(24-17)25(3-2-21-8-26)13(22-14)7-10-6-12-9(1-4-27-12)5-11(10)19/h5-6,8H,1-4,7H2,(H,21,26)(H2,20,23,24). The molecule has 0 saturated heterocycles. The summed E-state index contributed by atoms with van der Waals surface area (Å²) in [5, 5.41) is 2.60. The minimum atomic E-state index is -0.906. The molecule has 0 bridgehead atoms. The van der Waals surface area contributed by atoms with Crippen molar-refractivity contribution in [3.05, 3.63) is 38.7 Å². The highest BCUT2D eigenvalue weighted by molar-refractivity contribution is 14.1. The van der Waals surface area contributed by atoms with E-state index in [1.54, 1.807) is 4.57 Å². The molecular weight excluding hydrogens is 466 g/mol. The fraction of sp³-hybridized carbons (Fsp3) is 0.294. The number of rotatable bonds is 6. The van der Waals surface area contributed by atoms with Crippen molar-refractivity contribution in [2.45, 2.75) is 19.4 Å². The van der Waals surface area contributed by atoms with Crippen molar-refractivity contribution in [2.75, 3.05) is 18.9 Å². The molecular formula is C17H16FIN6O2. The lowest BCUT2D eigenvalue weighted by Crippen LogP contribution is -2.19. The van der Waals surface area contributed by atoms with Gasteiger partial charge in [-0.25, -0.2) is 4.98 Å². The minimum Gasteiger partial charge on any atom is -0.493 e. The minimum absolute atomic E-state index is 0.00664. The van der Waals surface area contributed by atoms with Crippen LogP contribution in [0.15, 0.2) is 12.1 Å². The highest BCUT2D eigenvalue weighted by Crippen LogP contribution is 2.31. The molecule has 0 aliphatic carbocycles. The summed E-state index contributed by atoms with van der Waals surface area (Å²) < 4.78 is 22.2. The van der Waals surface area contributed by atoms with Crippen LogP contribution >= 0.6 is 22.6 Å². The van der Waals surface area contributed by atoms with Crippen molar-refractivity contribution in [1.82, 2.24) is 24.8 Å². The molecule has 1 amide bonds. The fourth-order valence-electron chi connectivity index (χ4n) is 3.19. The summed E-state index contributed by atoms with van der Waals surface area (Å²) in [4.78, 5) is 22.5. The number of fused-ring (bicyclic) bond motifs is 2. The van der Waals surface area contributed by atoms with Crippen molar-refractivity contribution >= 4 is 46.0 Å². The molecule has 140 valence electrons. The van der Waals surface area contributed by atoms with Gasteiger partial charge in [0.2, 0.25) is 6.41 Å². The first kappa shape index (κ1) is 17.9. The summed E-state index contributed by atoms with van der Waals surface area (Å²) >= 11 is 2.29. The van der Waals surface area contributed by atoms with E-state index in [0.717, 1.165) is 21.3 Å². The number of hydrogen-bond donors (Lipinski definition) is 2. The van der Waals surface area contributed by atoms with Crippen LogP contribution in [0.3, 0.4) is 0 Å². The molecule has 10 heteroatoms. The number of halogens is 2. The summed E-state index contributed by atoms with van der Waals surface area (Å²) in [6, 6.07) is 4.14. The Balaban J connectivity index is 1.77. The quantitative estimate of drug-likeness (QED) is 0.238. The number of hydrogen-bond acceptors (Lipinski definition) is 6. The van der Waals surface area contributed by atoms with E-state index < -0.39 is 6.08 Å². The van der Waals surface area contributed by atoms with Gasteiger partial charge in [0.25, 0.3) is 0 Å². The Bertz CT molecular complexity index is 1040. The first-order chi connectivity index (χ1) is 13.1. The van der Waals surface area contributed by atoms with E-state index >= 15 is 0 Å². The van der Waals surface area contributed by atoms with Crippen LogP contribution in [0.5, 0.6) is 5.75 Å². The number of benzene rings is 1. The first-order valence-electron chi connectivity index (χ1n) is 8.36. The van der Waals surface area contributed by atoms with E-state index in [-0.39, 0.29) is 5.82 Å². The molecule has 0 radical (unpaired) electrons. The van der Waals surface area contributed by atoms with E-state index in [1.165, 1.54) is 5.56 Å². The molecule has 1 aromatic carbocycles. The van der Waals surface area contributed by atoms with Crippen LogP contribution in [0.25, 0.3) is 11.2 Å². The van der Waals surface area contributed by atoms with Crippen molar-refractivity contribution in [3.63, 3.8) is 0 Å². The Labute approximate surface area is 167 Å². The second-order valence-electron chi connectivity index (χ2n) is 6.13. The Kier molecular flexibility index (Phi) is 4.81. The number of nitrogens with zero attached hydrogens (tertiary/aromatic N) is 4. The number of aromatic nitrogens is 4. The Morgan fingerprint density at radius 2 is 2.22 bits per heavy atom. The number of amides is 1. The van der Waals surface area contributed by atoms with Crippen LogP contribution in [0, 0.1) is 9.65 Å². The molecule has 4 rings (SSSR count). The summed E-state index contributed by atoms with van der Waals surface area (Å²) in [5.41, 5.74) is 8.74. The average molecular weight is 482 g/mol. The Morgan fingerprint density at radius 1 is 1.37 bits per heavy atom. The van der Waals surface area contributed by atoms with E-state index in [9.17, 15) is 9.18 Å². The zero-order valence-corrected chi connectivity index (χ0v) is 16.4. The van der Waals surface area contributed by atoms with Crippen LogP contribution in [0.1, 0.15) is 17.0 Å². The molecule has 0 unspecified atom stereocenters. The van der Waals surface area contributed by atoms with Gasteiger partial charge in [-0.1, -0.05) is 0 Å². The van der Waals surface area contributed by atoms with Crippen molar-refractivity contribution in [2.24, 2.45) is 0 Å². The zero-order valence-electron chi connectivity index (χ0n) is 14.2. The Hall–Kier alpha value is -2.50. The zero-order chi connectivity index (χ0) is 19.0. The monoisotopic (exact) mass is 482 g/mol. The fourth-order valence-corrected chi connectivity index (χ4v) is 3.91. The lowest BCUT2D eigenvalue weighted by Gasteiger charge is -2.11. The number of anilines is 1. The lowest BCUT2D eigenvalue weighted by molar-refractivity contribution is -0.109. The molecule has 0 spiro atoms. The highest BCUT2D eigenvalue weighted by atomic mass is 127. The van der Waals surface area contributed by atoms with Crippen LogP contribution in [0.4, 0.5) is 10.2 Å². The van der Waals surface area contributed by atoms with Crippen molar-refractivity contribution < 1.29 is 13.9 Å². The number of nitrogens with two attached hydrogens (primary N) is 1.